The van der Waals surface area contributed by atoms with Crippen molar-refractivity contribution in [1.82, 2.24) is 9.97 Å². The lowest BCUT2D eigenvalue weighted by Crippen LogP contribution is -2.12. The van der Waals surface area contributed by atoms with Crippen LogP contribution in [0.4, 0.5) is 0 Å². The molecular formula is C25H19ClN2OS. The number of aromatic amines is 1. The van der Waals surface area contributed by atoms with Crippen LogP contribution in [0.25, 0.3) is 32.1 Å². The average molecular weight is 431 g/mol. The molecule has 1 N–H and O–H groups in total. The number of hydrogen-bond acceptors (Lipinski definition) is 3. The van der Waals surface area contributed by atoms with E-state index < -0.39 is 0 Å². The highest BCUT2D eigenvalue weighted by molar-refractivity contribution is 7.19. The summed E-state index contributed by atoms with van der Waals surface area (Å²) in [6, 6.07) is 20.4. The number of rotatable bonds is 3. The van der Waals surface area contributed by atoms with Gasteiger partial charge < -0.3 is 4.98 Å². The highest BCUT2D eigenvalue weighted by Crippen LogP contribution is 2.37. The van der Waals surface area contributed by atoms with Gasteiger partial charge in [-0.15, -0.1) is 11.3 Å². The van der Waals surface area contributed by atoms with Crippen LogP contribution >= 0.6 is 22.9 Å². The topological polar surface area (TPSA) is 45.8 Å². The Morgan fingerprint density at radius 1 is 1.03 bits per heavy atom. The summed E-state index contributed by atoms with van der Waals surface area (Å²) in [5.74, 6) is 0.684. The minimum Gasteiger partial charge on any atom is -0.310 e. The lowest BCUT2D eigenvalue weighted by molar-refractivity contribution is 0.983. The molecule has 0 saturated heterocycles. The van der Waals surface area contributed by atoms with Gasteiger partial charge in [0.1, 0.15) is 10.7 Å². The molecule has 0 saturated carbocycles. The summed E-state index contributed by atoms with van der Waals surface area (Å²) in [7, 11) is 0. The number of hydrogen-bond donors (Lipinski definition) is 1. The third kappa shape index (κ3) is 3.22. The lowest BCUT2D eigenvalue weighted by Gasteiger charge is -2.07. The molecule has 0 atom stereocenters. The molecular weight excluding hydrogens is 412 g/mol. The minimum atomic E-state index is -0.0952. The molecule has 3 nitrogen and oxygen atoms in total. The molecule has 0 bridgehead atoms. The van der Waals surface area contributed by atoms with Crippen molar-refractivity contribution >= 4 is 43.9 Å². The summed E-state index contributed by atoms with van der Waals surface area (Å²) in [6.45, 7) is 4.01. The van der Waals surface area contributed by atoms with E-state index in [0.717, 1.165) is 37.0 Å². The van der Waals surface area contributed by atoms with Crippen LogP contribution in [-0.4, -0.2) is 9.97 Å². The SMILES string of the molecule is Cc1cc(-c2c(C)sc3nc(Cc4cccc5ccccc45)[nH]c(=O)c23)ccc1Cl. The Morgan fingerprint density at radius 3 is 2.67 bits per heavy atom. The molecule has 148 valence electrons. The van der Waals surface area contributed by atoms with Crippen LogP contribution in [0.3, 0.4) is 0 Å². The summed E-state index contributed by atoms with van der Waals surface area (Å²) in [5.41, 5.74) is 3.99. The average Bonchev–Trinajstić information content (AvgIpc) is 3.07. The predicted molar refractivity (Wildman–Crippen MR) is 127 cm³/mol. The van der Waals surface area contributed by atoms with Crippen LogP contribution < -0.4 is 5.56 Å². The Hall–Kier alpha value is -2.95. The molecule has 2 aromatic heterocycles. The van der Waals surface area contributed by atoms with Crippen LogP contribution in [0.15, 0.2) is 65.5 Å². The summed E-state index contributed by atoms with van der Waals surface area (Å²) in [6.07, 6.45) is 0.582. The van der Waals surface area contributed by atoms with Crippen molar-refractivity contribution in [3.63, 3.8) is 0 Å². The molecule has 5 aromatic rings. The normalized spacial score (nSPS) is 11.4. The van der Waals surface area contributed by atoms with Crippen molar-refractivity contribution in [3.05, 3.63) is 97.9 Å². The van der Waals surface area contributed by atoms with E-state index >= 15 is 0 Å². The molecule has 5 heteroatoms. The molecule has 2 heterocycles. The molecule has 0 amide bonds. The maximum atomic E-state index is 13.1. The first-order valence-electron chi connectivity index (χ1n) is 9.77. The molecule has 0 radical (unpaired) electrons. The molecule has 3 aromatic carbocycles. The highest BCUT2D eigenvalue weighted by Gasteiger charge is 2.17. The van der Waals surface area contributed by atoms with Gasteiger partial charge in [-0.3, -0.25) is 4.79 Å². The fourth-order valence-corrected chi connectivity index (χ4v) is 5.20. The Morgan fingerprint density at radius 2 is 1.83 bits per heavy atom. The lowest BCUT2D eigenvalue weighted by atomic mass is 10.0. The van der Waals surface area contributed by atoms with Gasteiger partial charge in [-0.1, -0.05) is 60.1 Å². The van der Waals surface area contributed by atoms with E-state index in [1.165, 1.54) is 10.8 Å². The van der Waals surface area contributed by atoms with E-state index in [9.17, 15) is 4.79 Å². The van der Waals surface area contributed by atoms with Crippen LogP contribution in [0.5, 0.6) is 0 Å². The molecule has 0 unspecified atom stereocenters. The van der Waals surface area contributed by atoms with Gasteiger partial charge in [-0.2, -0.15) is 0 Å². The summed E-state index contributed by atoms with van der Waals surface area (Å²) < 4.78 is 0. The standard InChI is InChI=1S/C25H19ClN2OS/c1-14-12-18(10-11-20(14)26)22-15(2)30-25-23(22)24(29)27-21(28-25)13-17-8-5-7-16-6-3-4-9-19(16)17/h3-12H,13H2,1-2H3,(H,27,28,29). The zero-order valence-corrected chi connectivity index (χ0v) is 18.2. The third-order valence-electron chi connectivity index (χ3n) is 5.47. The Kier molecular flexibility index (Phi) is 4.69. The van der Waals surface area contributed by atoms with Gasteiger partial charge in [-0.05, 0) is 53.4 Å². The Bertz CT molecular complexity index is 1480. The maximum absolute atomic E-state index is 13.1. The first-order valence-corrected chi connectivity index (χ1v) is 11.0. The van der Waals surface area contributed by atoms with Crippen molar-refractivity contribution in [2.75, 3.05) is 0 Å². The fourth-order valence-electron chi connectivity index (χ4n) is 4.02. The molecule has 0 aliphatic rings. The Balaban J connectivity index is 1.63. The number of H-pyrrole nitrogens is 1. The number of aryl methyl sites for hydroxylation is 2. The second kappa shape index (κ2) is 7.38. The van der Waals surface area contributed by atoms with Crippen molar-refractivity contribution < 1.29 is 0 Å². The number of aromatic nitrogens is 2. The van der Waals surface area contributed by atoms with Gasteiger partial charge in [-0.25, -0.2) is 4.98 Å². The molecule has 5 rings (SSSR count). The van der Waals surface area contributed by atoms with Gasteiger partial charge in [0.05, 0.1) is 5.39 Å². The van der Waals surface area contributed by atoms with Gasteiger partial charge >= 0.3 is 0 Å². The van der Waals surface area contributed by atoms with E-state index in [1.54, 1.807) is 11.3 Å². The number of fused-ring (bicyclic) bond motifs is 2. The number of thiophene rings is 1. The van der Waals surface area contributed by atoms with Crippen LogP contribution in [0.2, 0.25) is 5.02 Å². The van der Waals surface area contributed by atoms with Gasteiger partial charge in [0.2, 0.25) is 0 Å². The van der Waals surface area contributed by atoms with Crippen LogP contribution in [-0.2, 0) is 6.42 Å². The van der Waals surface area contributed by atoms with E-state index in [-0.39, 0.29) is 5.56 Å². The summed E-state index contributed by atoms with van der Waals surface area (Å²) in [5, 5.41) is 3.74. The molecule has 0 fully saturated rings. The summed E-state index contributed by atoms with van der Waals surface area (Å²) >= 11 is 7.76. The zero-order chi connectivity index (χ0) is 20.8. The van der Waals surface area contributed by atoms with Crippen LogP contribution in [0.1, 0.15) is 21.8 Å². The van der Waals surface area contributed by atoms with E-state index in [1.807, 2.05) is 50.2 Å². The van der Waals surface area contributed by atoms with E-state index in [4.69, 9.17) is 16.6 Å². The molecule has 30 heavy (non-hydrogen) atoms. The van der Waals surface area contributed by atoms with Crippen molar-refractivity contribution in [3.8, 4) is 11.1 Å². The number of benzene rings is 3. The van der Waals surface area contributed by atoms with Crippen molar-refractivity contribution in [2.45, 2.75) is 20.3 Å². The zero-order valence-electron chi connectivity index (χ0n) is 16.6. The maximum Gasteiger partial charge on any atom is 0.260 e. The smallest absolute Gasteiger partial charge is 0.260 e. The molecule has 0 spiro atoms. The quantitative estimate of drug-likeness (QED) is 0.347. The Labute approximate surface area is 183 Å². The molecule has 0 aliphatic carbocycles. The van der Waals surface area contributed by atoms with Crippen molar-refractivity contribution in [1.29, 1.82) is 0 Å². The monoisotopic (exact) mass is 430 g/mol. The number of halogens is 1. The number of nitrogens with one attached hydrogen (secondary N) is 1. The minimum absolute atomic E-state index is 0.0952. The first kappa shape index (κ1) is 19.0. The predicted octanol–water partition coefficient (Wildman–Crippen LogP) is 6.67. The van der Waals surface area contributed by atoms with E-state index in [2.05, 4.69) is 29.2 Å². The third-order valence-corrected chi connectivity index (χ3v) is 6.89. The second-order valence-corrected chi connectivity index (χ2v) is 9.12. The summed E-state index contributed by atoms with van der Waals surface area (Å²) in [4.78, 5) is 22.8. The van der Waals surface area contributed by atoms with Gasteiger partial charge in [0, 0.05) is 21.9 Å². The first-order chi connectivity index (χ1) is 14.5. The second-order valence-electron chi connectivity index (χ2n) is 7.51. The van der Waals surface area contributed by atoms with Gasteiger partial charge in [0.15, 0.2) is 0 Å². The highest BCUT2D eigenvalue weighted by atomic mass is 35.5. The number of nitrogens with zero attached hydrogens (tertiary/aromatic N) is 1. The van der Waals surface area contributed by atoms with Crippen molar-refractivity contribution in [2.24, 2.45) is 0 Å². The fraction of sp³-hybridized carbons (Fsp3) is 0.120. The molecule has 0 aliphatic heterocycles. The van der Waals surface area contributed by atoms with Gasteiger partial charge in [0.25, 0.3) is 5.56 Å². The van der Waals surface area contributed by atoms with E-state index in [0.29, 0.717) is 17.6 Å². The van der Waals surface area contributed by atoms with Crippen LogP contribution in [0, 0.1) is 13.8 Å². The largest absolute Gasteiger partial charge is 0.310 e.